The second-order valence-corrected chi connectivity index (χ2v) is 7.79. The fourth-order valence-corrected chi connectivity index (χ4v) is 4.20. The van der Waals surface area contributed by atoms with Gasteiger partial charge in [-0.3, -0.25) is 4.79 Å². The van der Waals surface area contributed by atoms with Crippen molar-refractivity contribution in [2.75, 3.05) is 21.0 Å². The molecule has 2 aliphatic rings. The molecule has 1 aromatic heterocycles. The molecule has 0 atom stereocenters. The van der Waals surface area contributed by atoms with Crippen LogP contribution in [0.3, 0.4) is 0 Å². The molecule has 0 bridgehead atoms. The lowest BCUT2D eigenvalue weighted by Crippen LogP contribution is -2.26. The van der Waals surface area contributed by atoms with Gasteiger partial charge in [-0.25, -0.2) is 0 Å². The van der Waals surface area contributed by atoms with Gasteiger partial charge in [-0.15, -0.1) is 0 Å². The molecular weight excluding hydrogens is 368 g/mol. The number of hydrogen-bond donors (Lipinski definition) is 0. The second kappa shape index (κ2) is 6.72. The molecule has 5 rings (SSSR count). The average molecular weight is 392 g/mol. The number of fused-ring (bicyclic) bond motifs is 2. The highest BCUT2D eigenvalue weighted by molar-refractivity contribution is 6.08. The Hall–Kier alpha value is -3.15. The zero-order valence-corrected chi connectivity index (χ0v) is 16.9. The van der Waals surface area contributed by atoms with Crippen molar-refractivity contribution in [2.45, 2.75) is 32.4 Å². The molecule has 6 nitrogen and oxygen atoms in total. The maximum absolute atomic E-state index is 13.5. The van der Waals surface area contributed by atoms with Gasteiger partial charge in [-0.05, 0) is 55.7 Å². The number of aromatic nitrogens is 1. The third-order valence-corrected chi connectivity index (χ3v) is 5.79. The van der Waals surface area contributed by atoms with Crippen molar-refractivity contribution in [3.63, 3.8) is 0 Å². The van der Waals surface area contributed by atoms with E-state index < -0.39 is 0 Å². The lowest BCUT2D eigenvalue weighted by Gasteiger charge is -2.18. The van der Waals surface area contributed by atoms with Crippen molar-refractivity contribution >= 4 is 16.8 Å². The van der Waals surface area contributed by atoms with Crippen molar-refractivity contribution in [2.24, 2.45) is 0 Å². The highest BCUT2D eigenvalue weighted by Crippen LogP contribution is 2.42. The van der Waals surface area contributed by atoms with Crippen molar-refractivity contribution in [3.05, 3.63) is 53.2 Å². The molecule has 1 amide bonds. The molecule has 1 aliphatic carbocycles. The van der Waals surface area contributed by atoms with Crippen LogP contribution in [0.1, 0.15) is 40.5 Å². The van der Waals surface area contributed by atoms with Gasteiger partial charge in [0.1, 0.15) is 5.75 Å². The lowest BCUT2D eigenvalue weighted by molar-refractivity contribution is 0.0786. The molecule has 0 N–H and O–H groups in total. The summed E-state index contributed by atoms with van der Waals surface area (Å²) < 4.78 is 18.6. The van der Waals surface area contributed by atoms with Crippen molar-refractivity contribution in [1.29, 1.82) is 0 Å². The maximum Gasteiger partial charge on any atom is 0.256 e. The Morgan fingerprint density at radius 1 is 1.17 bits per heavy atom. The number of amides is 1. The van der Waals surface area contributed by atoms with E-state index >= 15 is 0 Å². The Morgan fingerprint density at radius 2 is 1.97 bits per heavy atom. The van der Waals surface area contributed by atoms with E-state index in [4.69, 9.17) is 14.2 Å². The van der Waals surface area contributed by atoms with Crippen molar-refractivity contribution < 1.29 is 19.0 Å². The van der Waals surface area contributed by atoms with Gasteiger partial charge in [0.05, 0.1) is 12.7 Å². The predicted molar refractivity (Wildman–Crippen MR) is 110 cm³/mol. The number of rotatable bonds is 5. The molecular formula is C23H24N2O4. The van der Waals surface area contributed by atoms with Gasteiger partial charge in [0.2, 0.25) is 6.79 Å². The van der Waals surface area contributed by atoms with E-state index in [2.05, 4.69) is 10.6 Å². The minimum atomic E-state index is 0.0119. The van der Waals surface area contributed by atoms with Crippen LogP contribution < -0.4 is 14.2 Å². The first-order valence-electron chi connectivity index (χ1n) is 9.89. The summed E-state index contributed by atoms with van der Waals surface area (Å²) in [7, 11) is 3.49. The first kappa shape index (κ1) is 17.9. The molecule has 0 unspecified atom stereocenters. The first-order valence-corrected chi connectivity index (χ1v) is 9.89. The lowest BCUT2D eigenvalue weighted by atomic mass is 10.1. The van der Waals surface area contributed by atoms with E-state index in [1.807, 2.05) is 44.3 Å². The number of ether oxygens (including phenoxy) is 3. The van der Waals surface area contributed by atoms with E-state index in [-0.39, 0.29) is 12.7 Å². The zero-order chi connectivity index (χ0) is 20.1. The van der Waals surface area contributed by atoms with Crippen LogP contribution in [0.2, 0.25) is 0 Å². The number of benzene rings is 2. The molecule has 6 heteroatoms. The minimum absolute atomic E-state index is 0.0119. The van der Waals surface area contributed by atoms with Crippen LogP contribution in [0, 0.1) is 6.92 Å². The molecule has 3 aromatic rings. The van der Waals surface area contributed by atoms with Gasteiger partial charge in [-0.1, -0.05) is 6.07 Å². The standard InChI is InChI=1S/C23H24N2O4/c1-14-22(18-11-17(27-3)7-8-19(18)25(14)16-5-6-16)23(26)24(2)12-15-4-9-20-21(10-15)29-13-28-20/h4,7-11,16H,5-6,12-13H2,1-3H3. The summed E-state index contributed by atoms with van der Waals surface area (Å²) in [4.78, 5) is 15.2. The third kappa shape index (κ3) is 2.99. The quantitative estimate of drug-likeness (QED) is 0.650. The summed E-state index contributed by atoms with van der Waals surface area (Å²) in [6, 6.07) is 12.3. The SMILES string of the molecule is COc1ccc2c(c1)c(C(=O)N(C)Cc1ccc3c(c1)OCO3)c(C)n2C1CC1. The number of hydrogen-bond acceptors (Lipinski definition) is 4. The summed E-state index contributed by atoms with van der Waals surface area (Å²) in [6.07, 6.45) is 2.33. The first-order chi connectivity index (χ1) is 14.1. The number of nitrogens with zero attached hydrogens (tertiary/aromatic N) is 2. The molecule has 1 saturated carbocycles. The number of carbonyl (C=O) groups is 1. The molecule has 29 heavy (non-hydrogen) atoms. The van der Waals surface area contributed by atoms with Crippen LogP contribution in [-0.4, -0.2) is 36.3 Å². The number of methoxy groups -OCH3 is 1. The molecule has 0 spiro atoms. The van der Waals surface area contributed by atoms with Gasteiger partial charge < -0.3 is 23.7 Å². The summed E-state index contributed by atoms with van der Waals surface area (Å²) in [5.41, 5.74) is 3.89. The fourth-order valence-electron chi connectivity index (χ4n) is 4.20. The summed E-state index contributed by atoms with van der Waals surface area (Å²) in [5.74, 6) is 2.25. The predicted octanol–water partition coefficient (Wildman–Crippen LogP) is 4.29. The van der Waals surface area contributed by atoms with Gasteiger partial charge in [0, 0.05) is 36.2 Å². The fraction of sp³-hybridized carbons (Fsp3) is 0.348. The molecule has 1 aliphatic heterocycles. The zero-order valence-electron chi connectivity index (χ0n) is 16.9. The van der Waals surface area contributed by atoms with E-state index in [1.54, 1.807) is 12.0 Å². The van der Waals surface area contributed by atoms with Gasteiger partial charge >= 0.3 is 0 Å². The monoisotopic (exact) mass is 392 g/mol. The maximum atomic E-state index is 13.5. The van der Waals surface area contributed by atoms with Gasteiger partial charge in [0.15, 0.2) is 11.5 Å². The van der Waals surface area contributed by atoms with Gasteiger partial charge in [0.25, 0.3) is 5.91 Å². The summed E-state index contributed by atoms with van der Waals surface area (Å²) in [5, 5.41) is 0.955. The topological polar surface area (TPSA) is 52.9 Å². The Balaban J connectivity index is 1.50. The molecule has 2 heterocycles. The summed E-state index contributed by atoms with van der Waals surface area (Å²) in [6.45, 7) is 2.79. The van der Waals surface area contributed by atoms with E-state index in [0.29, 0.717) is 12.6 Å². The van der Waals surface area contributed by atoms with Crippen LogP contribution in [-0.2, 0) is 6.54 Å². The van der Waals surface area contributed by atoms with Crippen LogP contribution in [0.4, 0.5) is 0 Å². The second-order valence-electron chi connectivity index (χ2n) is 7.79. The molecule has 2 aromatic carbocycles. The Kier molecular flexibility index (Phi) is 4.15. The van der Waals surface area contributed by atoms with E-state index in [0.717, 1.165) is 57.8 Å². The third-order valence-electron chi connectivity index (χ3n) is 5.79. The molecule has 0 radical (unpaired) electrons. The average Bonchev–Trinajstić information content (AvgIpc) is 3.37. The summed E-state index contributed by atoms with van der Waals surface area (Å²) >= 11 is 0. The smallest absolute Gasteiger partial charge is 0.256 e. The highest BCUT2D eigenvalue weighted by atomic mass is 16.7. The van der Waals surface area contributed by atoms with Crippen LogP contribution in [0.5, 0.6) is 17.2 Å². The van der Waals surface area contributed by atoms with Crippen molar-refractivity contribution in [1.82, 2.24) is 9.47 Å². The molecule has 150 valence electrons. The van der Waals surface area contributed by atoms with E-state index in [1.165, 1.54) is 0 Å². The van der Waals surface area contributed by atoms with Crippen LogP contribution in [0.25, 0.3) is 10.9 Å². The normalized spacial score (nSPS) is 15.0. The van der Waals surface area contributed by atoms with E-state index in [9.17, 15) is 4.79 Å². The van der Waals surface area contributed by atoms with Crippen molar-refractivity contribution in [3.8, 4) is 17.2 Å². The molecule has 1 fully saturated rings. The largest absolute Gasteiger partial charge is 0.497 e. The minimum Gasteiger partial charge on any atom is -0.497 e. The van der Waals surface area contributed by atoms with Crippen LogP contribution >= 0.6 is 0 Å². The Labute approximate surface area is 169 Å². The Bertz CT molecular complexity index is 1110. The highest BCUT2D eigenvalue weighted by Gasteiger charge is 2.31. The number of carbonyl (C=O) groups excluding carboxylic acids is 1. The molecule has 0 saturated heterocycles. The Morgan fingerprint density at radius 3 is 2.72 bits per heavy atom. The van der Waals surface area contributed by atoms with Gasteiger partial charge in [-0.2, -0.15) is 0 Å². The van der Waals surface area contributed by atoms with Crippen LogP contribution in [0.15, 0.2) is 36.4 Å².